The van der Waals surface area contributed by atoms with Gasteiger partial charge < -0.3 is 15.0 Å². The molecule has 1 rings (SSSR count). The standard InChI is InChI=1S/C12H24N2O2/c1-3-5-8-14-9-6-7-11(10-14)13-12(15)16-4-2/h11H,3-10H2,1-2H3,(H,13,15). The number of likely N-dealkylation sites (tertiary alicyclic amines) is 1. The molecule has 16 heavy (non-hydrogen) atoms. The topological polar surface area (TPSA) is 41.6 Å². The van der Waals surface area contributed by atoms with Crippen molar-refractivity contribution in [3.05, 3.63) is 0 Å². The van der Waals surface area contributed by atoms with Gasteiger partial charge in [0.05, 0.1) is 6.61 Å². The van der Waals surface area contributed by atoms with Gasteiger partial charge in [-0.15, -0.1) is 0 Å². The highest BCUT2D eigenvalue weighted by molar-refractivity contribution is 5.67. The number of rotatable bonds is 5. The van der Waals surface area contributed by atoms with Gasteiger partial charge in [0.15, 0.2) is 0 Å². The van der Waals surface area contributed by atoms with Gasteiger partial charge in [0.1, 0.15) is 0 Å². The molecule has 0 aromatic rings. The van der Waals surface area contributed by atoms with E-state index in [1.807, 2.05) is 6.92 Å². The lowest BCUT2D eigenvalue weighted by Gasteiger charge is -2.32. The summed E-state index contributed by atoms with van der Waals surface area (Å²) in [4.78, 5) is 13.7. The lowest BCUT2D eigenvalue weighted by atomic mass is 10.1. The minimum absolute atomic E-state index is 0.268. The summed E-state index contributed by atoms with van der Waals surface area (Å²) in [6.07, 6.45) is 4.44. The Hall–Kier alpha value is -0.770. The van der Waals surface area contributed by atoms with E-state index in [1.165, 1.54) is 25.8 Å². The van der Waals surface area contributed by atoms with Gasteiger partial charge in [0.25, 0.3) is 0 Å². The molecule has 0 spiro atoms. The van der Waals surface area contributed by atoms with Crippen LogP contribution in [0.4, 0.5) is 4.79 Å². The number of unbranched alkanes of at least 4 members (excludes halogenated alkanes) is 1. The van der Waals surface area contributed by atoms with Gasteiger partial charge in [-0.3, -0.25) is 0 Å². The summed E-state index contributed by atoms with van der Waals surface area (Å²) in [7, 11) is 0. The summed E-state index contributed by atoms with van der Waals surface area (Å²) in [5.41, 5.74) is 0. The Balaban J connectivity index is 2.24. The number of hydrogen-bond acceptors (Lipinski definition) is 3. The summed E-state index contributed by atoms with van der Waals surface area (Å²) in [5, 5.41) is 2.92. The predicted octanol–water partition coefficient (Wildman–Crippen LogP) is 2.00. The zero-order valence-electron chi connectivity index (χ0n) is 10.5. The van der Waals surface area contributed by atoms with Crippen molar-refractivity contribution in [3.63, 3.8) is 0 Å². The monoisotopic (exact) mass is 228 g/mol. The van der Waals surface area contributed by atoms with Crippen molar-refractivity contribution in [2.24, 2.45) is 0 Å². The van der Waals surface area contributed by atoms with Crippen LogP contribution in [0.15, 0.2) is 0 Å². The summed E-state index contributed by atoms with van der Waals surface area (Å²) < 4.78 is 4.89. The SMILES string of the molecule is CCCCN1CCCC(NC(=O)OCC)C1. The number of piperidine rings is 1. The van der Waals surface area contributed by atoms with E-state index < -0.39 is 0 Å². The third kappa shape index (κ3) is 4.84. The largest absolute Gasteiger partial charge is 0.450 e. The van der Waals surface area contributed by atoms with Crippen molar-refractivity contribution in [2.45, 2.75) is 45.6 Å². The molecule has 1 aliphatic heterocycles. The molecule has 0 radical (unpaired) electrons. The number of ether oxygens (including phenoxy) is 1. The molecule has 0 bridgehead atoms. The Morgan fingerprint density at radius 1 is 1.50 bits per heavy atom. The van der Waals surface area contributed by atoms with Crippen LogP contribution in [0.2, 0.25) is 0 Å². The van der Waals surface area contributed by atoms with Gasteiger partial charge >= 0.3 is 6.09 Å². The second-order valence-corrected chi connectivity index (χ2v) is 4.36. The molecule has 1 fully saturated rings. The van der Waals surface area contributed by atoms with Crippen molar-refractivity contribution in [3.8, 4) is 0 Å². The van der Waals surface area contributed by atoms with Crippen molar-refractivity contribution in [1.82, 2.24) is 10.2 Å². The third-order valence-corrected chi connectivity index (χ3v) is 2.93. The predicted molar refractivity (Wildman–Crippen MR) is 64.5 cm³/mol. The maximum absolute atomic E-state index is 11.3. The second kappa shape index (κ2) is 7.49. The van der Waals surface area contributed by atoms with E-state index in [2.05, 4.69) is 17.1 Å². The van der Waals surface area contributed by atoms with Crippen LogP contribution in [0, 0.1) is 0 Å². The van der Waals surface area contributed by atoms with E-state index in [0.717, 1.165) is 19.5 Å². The Bertz CT molecular complexity index is 209. The van der Waals surface area contributed by atoms with E-state index in [4.69, 9.17) is 4.74 Å². The summed E-state index contributed by atoms with van der Waals surface area (Å²) in [6, 6.07) is 0.268. The first kappa shape index (κ1) is 13.3. The number of nitrogens with one attached hydrogen (secondary N) is 1. The zero-order valence-corrected chi connectivity index (χ0v) is 10.5. The quantitative estimate of drug-likeness (QED) is 0.782. The van der Waals surface area contributed by atoms with Crippen molar-refractivity contribution in [1.29, 1.82) is 0 Å². The number of alkyl carbamates (subject to hydrolysis) is 1. The molecule has 1 N–H and O–H groups in total. The second-order valence-electron chi connectivity index (χ2n) is 4.36. The Morgan fingerprint density at radius 2 is 2.31 bits per heavy atom. The van der Waals surface area contributed by atoms with Gasteiger partial charge in [0, 0.05) is 12.6 Å². The smallest absolute Gasteiger partial charge is 0.407 e. The van der Waals surface area contributed by atoms with Crippen LogP contribution in [0.5, 0.6) is 0 Å². The molecule has 1 aliphatic rings. The first-order chi connectivity index (χ1) is 7.76. The molecule has 0 aromatic heterocycles. The van der Waals surface area contributed by atoms with Crippen LogP contribution in [-0.4, -0.2) is 43.3 Å². The van der Waals surface area contributed by atoms with Gasteiger partial charge in [-0.25, -0.2) is 4.79 Å². The van der Waals surface area contributed by atoms with E-state index in [1.54, 1.807) is 0 Å². The van der Waals surface area contributed by atoms with E-state index >= 15 is 0 Å². The zero-order chi connectivity index (χ0) is 11.8. The number of carbonyl (C=O) groups excluding carboxylic acids is 1. The molecular weight excluding hydrogens is 204 g/mol. The molecule has 1 atom stereocenters. The number of hydrogen-bond donors (Lipinski definition) is 1. The Morgan fingerprint density at radius 3 is 3.00 bits per heavy atom. The molecule has 4 heteroatoms. The fourth-order valence-electron chi connectivity index (χ4n) is 2.10. The van der Waals surface area contributed by atoms with E-state index in [-0.39, 0.29) is 12.1 Å². The van der Waals surface area contributed by atoms with E-state index in [9.17, 15) is 4.79 Å². The summed E-state index contributed by atoms with van der Waals surface area (Å²) >= 11 is 0. The van der Waals surface area contributed by atoms with Crippen LogP contribution >= 0.6 is 0 Å². The number of carbonyl (C=O) groups is 1. The van der Waals surface area contributed by atoms with E-state index in [0.29, 0.717) is 6.61 Å². The maximum Gasteiger partial charge on any atom is 0.407 e. The van der Waals surface area contributed by atoms with Crippen LogP contribution in [0.25, 0.3) is 0 Å². The molecule has 1 saturated heterocycles. The first-order valence-corrected chi connectivity index (χ1v) is 6.41. The summed E-state index contributed by atoms with van der Waals surface area (Å²) in [6.45, 7) is 7.77. The Kier molecular flexibility index (Phi) is 6.23. The fourth-order valence-corrected chi connectivity index (χ4v) is 2.10. The van der Waals surface area contributed by atoms with Gasteiger partial charge in [-0.2, -0.15) is 0 Å². The molecule has 0 saturated carbocycles. The summed E-state index contributed by atoms with van der Waals surface area (Å²) in [5.74, 6) is 0. The first-order valence-electron chi connectivity index (χ1n) is 6.41. The van der Waals surface area contributed by atoms with Gasteiger partial charge in [-0.1, -0.05) is 13.3 Å². The normalized spacial score (nSPS) is 21.8. The molecule has 4 nitrogen and oxygen atoms in total. The van der Waals surface area contributed by atoms with Gasteiger partial charge in [-0.05, 0) is 39.3 Å². The minimum Gasteiger partial charge on any atom is -0.450 e. The van der Waals surface area contributed by atoms with Crippen molar-refractivity contribution >= 4 is 6.09 Å². The maximum atomic E-state index is 11.3. The molecule has 0 aromatic carbocycles. The van der Waals surface area contributed by atoms with Crippen molar-refractivity contribution in [2.75, 3.05) is 26.2 Å². The van der Waals surface area contributed by atoms with Crippen LogP contribution < -0.4 is 5.32 Å². The lowest BCUT2D eigenvalue weighted by Crippen LogP contribution is -2.48. The molecule has 1 amide bonds. The van der Waals surface area contributed by atoms with Crippen LogP contribution in [0.3, 0.4) is 0 Å². The number of amides is 1. The van der Waals surface area contributed by atoms with Crippen LogP contribution in [-0.2, 0) is 4.74 Å². The fraction of sp³-hybridized carbons (Fsp3) is 0.917. The van der Waals surface area contributed by atoms with Crippen molar-refractivity contribution < 1.29 is 9.53 Å². The average Bonchev–Trinajstić information content (AvgIpc) is 2.27. The molecule has 0 aliphatic carbocycles. The molecular formula is C12H24N2O2. The van der Waals surface area contributed by atoms with Gasteiger partial charge in [0.2, 0.25) is 0 Å². The average molecular weight is 228 g/mol. The third-order valence-electron chi connectivity index (χ3n) is 2.93. The molecule has 94 valence electrons. The highest BCUT2D eigenvalue weighted by Gasteiger charge is 2.20. The van der Waals surface area contributed by atoms with Crippen LogP contribution in [0.1, 0.15) is 39.5 Å². The lowest BCUT2D eigenvalue weighted by molar-refractivity contribution is 0.133. The minimum atomic E-state index is -0.273. The number of nitrogens with zero attached hydrogens (tertiary/aromatic N) is 1. The Labute approximate surface area is 98.3 Å². The molecule has 1 unspecified atom stereocenters. The highest BCUT2D eigenvalue weighted by Crippen LogP contribution is 2.10. The highest BCUT2D eigenvalue weighted by atomic mass is 16.5. The molecule has 1 heterocycles.